The van der Waals surface area contributed by atoms with Gasteiger partial charge in [-0.05, 0) is 64.2 Å². The average Bonchev–Trinajstić information content (AvgIpc) is 2.68. The van der Waals surface area contributed by atoms with Gasteiger partial charge in [-0.3, -0.25) is 4.98 Å². The van der Waals surface area contributed by atoms with Gasteiger partial charge in [0.05, 0.1) is 11.2 Å². The fourth-order valence-electron chi connectivity index (χ4n) is 2.76. The van der Waals surface area contributed by atoms with Crippen LogP contribution in [0.25, 0.3) is 11.1 Å². The van der Waals surface area contributed by atoms with Crippen LogP contribution in [0.5, 0.6) is 0 Å². The summed E-state index contributed by atoms with van der Waals surface area (Å²) in [6, 6.07) is 10.5. The molecule has 0 bridgehead atoms. The van der Waals surface area contributed by atoms with Gasteiger partial charge in [-0.15, -0.1) is 0 Å². The highest BCUT2D eigenvalue weighted by Gasteiger charge is 2.51. The zero-order chi connectivity index (χ0) is 16.8. The highest BCUT2D eigenvalue weighted by atomic mass is 16.7. The molecule has 0 radical (unpaired) electrons. The molecule has 1 saturated heterocycles. The Morgan fingerprint density at radius 1 is 0.913 bits per heavy atom. The number of nitrogens with zero attached hydrogens (tertiary/aromatic N) is 1. The minimum Gasteiger partial charge on any atom is -0.399 e. The van der Waals surface area contributed by atoms with Gasteiger partial charge in [-0.25, -0.2) is 0 Å². The van der Waals surface area contributed by atoms with E-state index in [1.807, 2.05) is 19.2 Å². The van der Waals surface area contributed by atoms with Crippen molar-refractivity contribution in [2.24, 2.45) is 0 Å². The molecule has 2 heterocycles. The molecule has 23 heavy (non-hydrogen) atoms. The molecule has 3 rings (SSSR count). The summed E-state index contributed by atoms with van der Waals surface area (Å²) in [5.41, 5.74) is 4.98. The molecule has 0 spiro atoms. The van der Waals surface area contributed by atoms with Crippen molar-refractivity contribution in [3.05, 3.63) is 47.8 Å². The van der Waals surface area contributed by atoms with Gasteiger partial charge in [0.1, 0.15) is 0 Å². The predicted molar refractivity (Wildman–Crippen MR) is 94.9 cm³/mol. The third-order valence-corrected chi connectivity index (χ3v) is 5.00. The van der Waals surface area contributed by atoms with Crippen LogP contribution in [0, 0.1) is 13.8 Å². The summed E-state index contributed by atoms with van der Waals surface area (Å²) in [5.74, 6) is 0. The first-order valence-corrected chi connectivity index (χ1v) is 8.09. The molecule has 1 aromatic carbocycles. The molecule has 0 unspecified atom stereocenters. The second-order valence-corrected chi connectivity index (χ2v) is 7.35. The molecule has 0 aliphatic carbocycles. The van der Waals surface area contributed by atoms with Crippen molar-refractivity contribution in [3.63, 3.8) is 0 Å². The second kappa shape index (κ2) is 5.46. The first kappa shape index (κ1) is 16.2. The van der Waals surface area contributed by atoms with Crippen molar-refractivity contribution in [1.29, 1.82) is 0 Å². The Labute approximate surface area is 139 Å². The van der Waals surface area contributed by atoms with Crippen molar-refractivity contribution < 1.29 is 9.31 Å². The Balaban J connectivity index is 1.90. The summed E-state index contributed by atoms with van der Waals surface area (Å²) in [7, 11) is -0.316. The molecule has 0 amide bonds. The van der Waals surface area contributed by atoms with Gasteiger partial charge in [-0.1, -0.05) is 24.3 Å². The van der Waals surface area contributed by atoms with Crippen LogP contribution >= 0.6 is 0 Å². The molecule has 0 N–H and O–H groups in total. The molecule has 0 saturated carbocycles. The first-order chi connectivity index (χ1) is 10.7. The van der Waals surface area contributed by atoms with Gasteiger partial charge < -0.3 is 9.31 Å². The standard InChI is InChI=1S/C19H24BNO2/c1-13-11-16(20-22-18(3,4)19(5,6)23-20)9-10-17(13)15-8-7-14(2)21-12-15/h7-12H,1-6H3. The summed E-state index contributed by atoms with van der Waals surface area (Å²) in [6.45, 7) is 12.4. The Bertz CT molecular complexity index is 707. The molecule has 4 heteroatoms. The van der Waals surface area contributed by atoms with Gasteiger partial charge in [0.2, 0.25) is 0 Å². The molecule has 1 aliphatic heterocycles. The number of aromatic nitrogens is 1. The fourth-order valence-corrected chi connectivity index (χ4v) is 2.76. The average molecular weight is 309 g/mol. The topological polar surface area (TPSA) is 31.4 Å². The summed E-state index contributed by atoms with van der Waals surface area (Å²) in [6.07, 6.45) is 1.92. The third kappa shape index (κ3) is 2.93. The van der Waals surface area contributed by atoms with Crippen LogP contribution in [0.3, 0.4) is 0 Å². The maximum atomic E-state index is 6.13. The van der Waals surface area contributed by atoms with Crippen molar-refractivity contribution in [1.82, 2.24) is 4.98 Å². The number of aryl methyl sites for hydroxylation is 2. The number of hydrogen-bond donors (Lipinski definition) is 0. The largest absolute Gasteiger partial charge is 0.494 e. The summed E-state index contributed by atoms with van der Waals surface area (Å²) < 4.78 is 12.3. The van der Waals surface area contributed by atoms with Crippen LogP contribution in [0.1, 0.15) is 39.0 Å². The molecule has 0 atom stereocenters. The van der Waals surface area contributed by atoms with E-state index in [1.165, 1.54) is 11.1 Å². The Morgan fingerprint density at radius 3 is 2.09 bits per heavy atom. The van der Waals surface area contributed by atoms with Crippen LogP contribution in [0.2, 0.25) is 0 Å². The van der Waals surface area contributed by atoms with Gasteiger partial charge in [-0.2, -0.15) is 0 Å². The van der Waals surface area contributed by atoms with Crippen LogP contribution in [0.15, 0.2) is 36.5 Å². The lowest BCUT2D eigenvalue weighted by Gasteiger charge is -2.32. The van der Waals surface area contributed by atoms with E-state index in [4.69, 9.17) is 9.31 Å². The first-order valence-electron chi connectivity index (χ1n) is 8.09. The van der Waals surface area contributed by atoms with E-state index in [1.54, 1.807) is 0 Å². The highest BCUT2D eigenvalue weighted by molar-refractivity contribution is 6.62. The Kier molecular flexibility index (Phi) is 3.85. The van der Waals surface area contributed by atoms with Crippen molar-refractivity contribution >= 4 is 12.6 Å². The van der Waals surface area contributed by atoms with E-state index in [9.17, 15) is 0 Å². The minimum atomic E-state index is -0.316. The number of hydrogen-bond acceptors (Lipinski definition) is 3. The van der Waals surface area contributed by atoms with E-state index < -0.39 is 0 Å². The van der Waals surface area contributed by atoms with E-state index in [2.05, 4.69) is 63.9 Å². The normalized spacial score (nSPS) is 19.1. The SMILES string of the molecule is Cc1ccc(-c2ccc(B3OC(C)(C)C(C)(C)O3)cc2C)cn1. The smallest absolute Gasteiger partial charge is 0.399 e. The van der Waals surface area contributed by atoms with Gasteiger partial charge in [0.25, 0.3) is 0 Å². The predicted octanol–water partition coefficient (Wildman–Crippen LogP) is 3.66. The molecule has 2 aromatic rings. The van der Waals surface area contributed by atoms with E-state index in [0.717, 1.165) is 16.7 Å². The highest BCUT2D eigenvalue weighted by Crippen LogP contribution is 2.36. The van der Waals surface area contributed by atoms with Crippen LogP contribution < -0.4 is 5.46 Å². The van der Waals surface area contributed by atoms with Crippen LogP contribution in [-0.2, 0) is 9.31 Å². The fraction of sp³-hybridized carbons (Fsp3) is 0.421. The van der Waals surface area contributed by atoms with E-state index >= 15 is 0 Å². The Hall–Kier alpha value is -1.65. The van der Waals surface area contributed by atoms with Gasteiger partial charge >= 0.3 is 7.12 Å². The summed E-state index contributed by atoms with van der Waals surface area (Å²) in [4.78, 5) is 4.39. The number of rotatable bonds is 2. The van der Waals surface area contributed by atoms with E-state index in [0.29, 0.717) is 0 Å². The van der Waals surface area contributed by atoms with Crippen molar-refractivity contribution in [3.8, 4) is 11.1 Å². The molecule has 1 aromatic heterocycles. The van der Waals surface area contributed by atoms with Crippen molar-refractivity contribution in [2.75, 3.05) is 0 Å². The molecule has 3 nitrogen and oxygen atoms in total. The number of benzene rings is 1. The van der Waals surface area contributed by atoms with Gasteiger partial charge in [0, 0.05) is 17.5 Å². The summed E-state index contributed by atoms with van der Waals surface area (Å²) in [5, 5.41) is 0. The zero-order valence-electron chi connectivity index (χ0n) is 14.8. The summed E-state index contributed by atoms with van der Waals surface area (Å²) >= 11 is 0. The quantitative estimate of drug-likeness (QED) is 0.793. The lowest BCUT2D eigenvalue weighted by Crippen LogP contribution is -2.41. The zero-order valence-corrected chi connectivity index (χ0v) is 14.8. The lowest BCUT2D eigenvalue weighted by molar-refractivity contribution is 0.00578. The molecular weight excluding hydrogens is 285 g/mol. The van der Waals surface area contributed by atoms with Gasteiger partial charge in [0.15, 0.2) is 0 Å². The second-order valence-electron chi connectivity index (χ2n) is 7.35. The number of pyridine rings is 1. The molecule has 120 valence electrons. The van der Waals surface area contributed by atoms with Crippen LogP contribution in [-0.4, -0.2) is 23.3 Å². The molecule has 1 fully saturated rings. The third-order valence-electron chi connectivity index (χ3n) is 5.00. The maximum Gasteiger partial charge on any atom is 0.494 e. The lowest BCUT2D eigenvalue weighted by atomic mass is 9.77. The molecular formula is C19H24BNO2. The minimum absolute atomic E-state index is 0.314. The monoisotopic (exact) mass is 309 g/mol. The van der Waals surface area contributed by atoms with E-state index in [-0.39, 0.29) is 18.3 Å². The van der Waals surface area contributed by atoms with Crippen molar-refractivity contribution in [2.45, 2.75) is 52.7 Å². The Morgan fingerprint density at radius 2 is 1.57 bits per heavy atom. The molecule has 1 aliphatic rings. The van der Waals surface area contributed by atoms with Crippen LogP contribution in [0.4, 0.5) is 0 Å². The maximum absolute atomic E-state index is 6.13.